The smallest absolute Gasteiger partial charge is 0.137 e. The van der Waals surface area contributed by atoms with Crippen molar-refractivity contribution in [2.75, 3.05) is 19.6 Å². The predicted octanol–water partition coefficient (Wildman–Crippen LogP) is 0.185. The van der Waals surface area contributed by atoms with Gasteiger partial charge in [-0.2, -0.15) is 0 Å². The van der Waals surface area contributed by atoms with Crippen molar-refractivity contribution in [3.05, 3.63) is 0 Å². The fraction of sp³-hybridized carbons (Fsp3) is 1.00. The molecule has 4 heteroatoms. The summed E-state index contributed by atoms with van der Waals surface area (Å²) in [6.45, 7) is 4.77. The normalized spacial score (nSPS) is 34.1. The first-order chi connectivity index (χ1) is 5.25. The molecule has 1 heterocycles. The van der Waals surface area contributed by atoms with Crippen molar-refractivity contribution in [1.82, 2.24) is 10.2 Å². The molecule has 1 rings (SSSR count). The van der Waals surface area contributed by atoms with Crippen LogP contribution in [0.5, 0.6) is 0 Å². The molecule has 2 N–H and O–H groups in total. The van der Waals surface area contributed by atoms with Crippen LogP contribution in [-0.4, -0.2) is 41.4 Å². The molecule has 2 unspecified atom stereocenters. The van der Waals surface area contributed by atoms with Gasteiger partial charge in [0.05, 0.1) is 0 Å². The highest BCUT2D eigenvalue weighted by Crippen LogP contribution is 2.09. The Labute approximate surface area is 72.3 Å². The predicted molar refractivity (Wildman–Crippen MR) is 45.5 cm³/mol. The van der Waals surface area contributed by atoms with E-state index in [1.165, 1.54) is 0 Å². The minimum absolute atomic E-state index is 0.310. The Balaban J connectivity index is 2.38. The number of piperazine rings is 1. The molecule has 0 spiro atoms. The van der Waals surface area contributed by atoms with Crippen molar-refractivity contribution < 1.29 is 5.11 Å². The van der Waals surface area contributed by atoms with Crippen LogP contribution in [0.2, 0.25) is 0 Å². The first-order valence-electron chi connectivity index (χ1n) is 4.05. The molecule has 2 atom stereocenters. The Kier molecular flexibility index (Phi) is 3.59. The van der Waals surface area contributed by atoms with Crippen molar-refractivity contribution in [2.24, 2.45) is 0 Å². The van der Waals surface area contributed by atoms with Gasteiger partial charge in [0, 0.05) is 19.6 Å². The van der Waals surface area contributed by atoms with Gasteiger partial charge in [-0.3, -0.25) is 10.2 Å². The largest absolute Gasteiger partial charge is 0.375 e. The molecule has 0 radical (unpaired) electrons. The maximum absolute atomic E-state index is 9.50. The van der Waals surface area contributed by atoms with E-state index in [2.05, 4.69) is 12.2 Å². The molecule has 1 aliphatic heterocycles. The number of rotatable bonds is 2. The van der Waals surface area contributed by atoms with Crippen LogP contribution in [0, 0.1) is 0 Å². The van der Waals surface area contributed by atoms with Gasteiger partial charge in [-0.05, 0) is 6.42 Å². The van der Waals surface area contributed by atoms with E-state index >= 15 is 0 Å². The Bertz CT molecular complexity index is 121. The molecular weight excluding hydrogens is 164 g/mol. The van der Waals surface area contributed by atoms with Crippen LogP contribution in [0.3, 0.4) is 0 Å². The molecule has 0 aromatic rings. The van der Waals surface area contributed by atoms with Gasteiger partial charge >= 0.3 is 0 Å². The van der Waals surface area contributed by atoms with Gasteiger partial charge in [0.1, 0.15) is 11.7 Å². The van der Waals surface area contributed by atoms with Gasteiger partial charge < -0.3 is 5.11 Å². The van der Waals surface area contributed by atoms with Crippen LogP contribution in [0.1, 0.15) is 13.3 Å². The summed E-state index contributed by atoms with van der Waals surface area (Å²) in [4.78, 5) is 1.99. The van der Waals surface area contributed by atoms with E-state index < -0.39 is 6.23 Å². The summed E-state index contributed by atoms with van der Waals surface area (Å²) in [7, 11) is 0. The highest BCUT2D eigenvalue weighted by Gasteiger charge is 2.26. The van der Waals surface area contributed by atoms with Crippen molar-refractivity contribution in [3.8, 4) is 0 Å². The third-order valence-corrected chi connectivity index (χ3v) is 2.26. The highest BCUT2D eigenvalue weighted by molar-refractivity contribution is 6.20. The number of aliphatic hydroxyl groups is 1. The SMILES string of the molecule is CCCN1CCNC(Cl)C1O. The molecule has 1 fully saturated rings. The number of aliphatic hydroxyl groups excluding tert-OH is 1. The first-order valence-corrected chi connectivity index (χ1v) is 4.49. The summed E-state index contributed by atoms with van der Waals surface area (Å²) in [6, 6.07) is 0. The van der Waals surface area contributed by atoms with Crippen molar-refractivity contribution >= 4 is 11.6 Å². The second kappa shape index (κ2) is 4.26. The lowest BCUT2D eigenvalue weighted by molar-refractivity contribution is -0.0235. The van der Waals surface area contributed by atoms with E-state index in [-0.39, 0.29) is 5.50 Å². The summed E-state index contributed by atoms with van der Waals surface area (Å²) in [5, 5.41) is 12.5. The maximum Gasteiger partial charge on any atom is 0.137 e. The molecule has 66 valence electrons. The van der Waals surface area contributed by atoms with Gasteiger partial charge in [0.2, 0.25) is 0 Å². The average molecular weight is 179 g/mol. The molecule has 0 aliphatic carbocycles. The Morgan fingerprint density at radius 2 is 2.45 bits per heavy atom. The van der Waals surface area contributed by atoms with Crippen LogP contribution in [-0.2, 0) is 0 Å². The minimum Gasteiger partial charge on any atom is -0.375 e. The zero-order chi connectivity index (χ0) is 8.27. The minimum atomic E-state index is -0.523. The second-order valence-electron chi connectivity index (χ2n) is 2.81. The first kappa shape index (κ1) is 9.26. The number of alkyl halides is 1. The van der Waals surface area contributed by atoms with Crippen molar-refractivity contribution in [1.29, 1.82) is 0 Å². The lowest BCUT2D eigenvalue weighted by atomic mass is 10.3. The van der Waals surface area contributed by atoms with Crippen LogP contribution in [0.15, 0.2) is 0 Å². The number of hydrogen-bond acceptors (Lipinski definition) is 3. The monoisotopic (exact) mass is 178 g/mol. The summed E-state index contributed by atoms with van der Waals surface area (Å²) < 4.78 is 0. The fourth-order valence-electron chi connectivity index (χ4n) is 1.30. The second-order valence-corrected chi connectivity index (χ2v) is 3.28. The van der Waals surface area contributed by atoms with Crippen LogP contribution >= 0.6 is 11.6 Å². The van der Waals surface area contributed by atoms with E-state index in [1.807, 2.05) is 4.90 Å². The molecular formula is C7H15ClN2O. The van der Waals surface area contributed by atoms with E-state index in [4.69, 9.17) is 11.6 Å². The molecule has 0 saturated carbocycles. The van der Waals surface area contributed by atoms with E-state index in [0.717, 1.165) is 26.1 Å². The molecule has 0 amide bonds. The summed E-state index contributed by atoms with van der Waals surface area (Å²) in [5.74, 6) is 0. The van der Waals surface area contributed by atoms with Gasteiger partial charge in [-0.15, -0.1) is 11.6 Å². The van der Waals surface area contributed by atoms with Gasteiger partial charge in [-0.25, -0.2) is 0 Å². The van der Waals surface area contributed by atoms with Crippen molar-refractivity contribution in [3.63, 3.8) is 0 Å². The molecule has 1 aliphatic rings. The average Bonchev–Trinajstić information content (AvgIpc) is 1.99. The zero-order valence-electron chi connectivity index (χ0n) is 6.76. The van der Waals surface area contributed by atoms with Gasteiger partial charge in [0.25, 0.3) is 0 Å². The summed E-state index contributed by atoms with van der Waals surface area (Å²) >= 11 is 5.79. The number of hydrogen-bond donors (Lipinski definition) is 2. The van der Waals surface area contributed by atoms with E-state index in [9.17, 15) is 5.11 Å². The van der Waals surface area contributed by atoms with Gasteiger partial charge in [-0.1, -0.05) is 6.92 Å². The molecule has 3 nitrogen and oxygen atoms in total. The maximum atomic E-state index is 9.50. The van der Waals surface area contributed by atoms with E-state index in [0.29, 0.717) is 0 Å². The van der Waals surface area contributed by atoms with E-state index in [1.54, 1.807) is 0 Å². The Hall–Kier alpha value is 0.170. The van der Waals surface area contributed by atoms with Crippen LogP contribution in [0.25, 0.3) is 0 Å². The van der Waals surface area contributed by atoms with Gasteiger partial charge in [0.15, 0.2) is 0 Å². The Morgan fingerprint density at radius 1 is 1.73 bits per heavy atom. The zero-order valence-corrected chi connectivity index (χ0v) is 7.51. The fourth-order valence-corrected chi connectivity index (χ4v) is 1.57. The molecule has 11 heavy (non-hydrogen) atoms. The standard InChI is InChI=1S/C7H15ClN2O/c1-2-4-10-5-3-9-6(8)7(10)11/h6-7,9,11H,2-5H2,1H3. The quantitative estimate of drug-likeness (QED) is 0.468. The number of nitrogens with one attached hydrogen (secondary N) is 1. The highest BCUT2D eigenvalue weighted by atomic mass is 35.5. The lowest BCUT2D eigenvalue weighted by Gasteiger charge is -2.35. The lowest BCUT2D eigenvalue weighted by Crippen LogP contribution is -2.55. The third kappa shape index (κ3) is 2.30. The van der Waals surface area contributed by atoms with Crippen molar-refractivity contribution in [2.45, 2.75) is 25.1 Å². The summed E-state index contributed by atoms with van der Waals surface area (Å²) in [6.07, 6.45) is 0.533. The third-order valence-electron chi connectivity index (χ3n) is 1.89. The molecule has 0 aromatic carbocycles. The molecule has 1 saturated heterocycles. The molecule has 0 aromatic heterocycles. The topological polar surface area (TPSA) is 35.5 Å². The van der Waals surface area contributed by atoms with Crippen LogP contribution < -0.4 is 5.32 Å². The number of halogens is 1. The number of nitrogens with zero attached hydrogens (tertiary/aromatic N) is 1. The summed E-state index contributed by atoms with van der Waals surface area (Å²) in [5.41, 5.74) is -0.310. The molecule has 0 bridgehead atoms. The Morgan fingerprint density at radius 3 is 3.09 bits per heavy atom. The van der Waals surface area contributed by atoms with Crippen LogP contribution in [0.4, 0.5) is 0 Å².